The van der Waals surface area contributed by atoms with E-state index >= 15 is 0 Å². The van der Waals surface area contributed by atoms with Crippen LogP contribution in [0.3, 0.4) is 0 Å². The van der Waals surface area contributed by atoms with Gasteiger partial charge in [-0.25, -0.2) is 0 Å². The van der Waals surface area contributed by atoms with Gasteiger partial charge in [-0.15, -0.1) is 12.3 Å². The minimum atomic E-state index is 0.870. The van der Waals surface area contributed by atoms with Crippen molar-refractivity contribution in [3.63, 3.8) is 0 Å². The van der Waals surface area contributed by atoms with Crippen molar-refractivity contribution in [3.8, 4) is 12.3 Å². The number of anilines is 1. The van der Waals surface area contributed by atoms with Gasteiger partial charge in [0.2, 0.25) is 0 Å². The lowest BCUT2D eigenvalue weighted by Crippen LogP contribution is -2.25. The van der Waals surface area contributed by atoms with Crippen molar-refractivity contribution in [2.45, 2.75) is 32.6 Å². The molecular formula is C15H21N. The van der Waals surface area contributed by atoms with Gasteiger partial charge in [-0.2, -0.15) is 0 Å². The van der Waals surface area contributed by atoms with Crippen molar-refractivity contribution < 1.29 is 0 Å². The summed E-state index contributed by atoms with van der Waals surface area (Å²) in [6.07, 6.45) is 9.71. The molecule has 0 atom stereocenters. The van der Waals surface area contributed by atoms with Gasteiger partial charge in [0.25, 0.3) is 0 Å². The van der Waals surface area contributed by atoms with Crippen LogP contribution >= 0.6 is 0 Å². The highest BCUT2D eigenvalue weighted by atomic mass is 15.1. The zero-order valence-electron chi connectivity index (χ0n) is 10.2. The molecule has 0 fully saturated rings. The minimum absolute atomic E-state index is 0.870. The van der Waals surface area contributed by atoms with Gasteiger partial charge < -0.3 is 4.90 Å². The molecule has 0 spiro atoms. The first-order chi connectivity index (χ1) is 7.88. The Morgan fingerprint density at radius 3 is 2.44 bits per heavy atom. The number of para-hydroxylation sites is 1. The summed E-state index contributed by atoms with van der Waals surface area (Å²) in [7, 11) is 0. The summed E-state index contributed by atoms with van der Waals surface area (Å²) in [6.45, 7) is 4.42. The summed E-state index contributed by atoms with van der Waals surface area (Å²) in [4.78, 5) is 2.43. The van der Waals surface area contributed by atoms with E-state index in [0.717, 1.165) is 25.9 Å². The fourth-order valence-corrected chi connectivity index (χ4v) is 1.73. The maximum Gasteiger partial charge on any atom is 0.0366 e. The van der Waals surface area contributed by atoms with E-state index in [1.54, 1.807) is 0 Å². The molecule has 0 heterocycles. The van der Waals surface area contributed by atoms with Crippen LogP contribution in [0.2, 0.25) is 0 Å². The van der Waals surface area contributed by atoms with Crippen molar-refractivity contribution in [3.05, 3.63) is 30.3 Å². The van der Waals surface area contributed by atoms with Crippen LogP contribution in [-0.4, -0.2) is 13.1 Å². The molecule has 16 heavy (non-hydrogen) atoms. The lowest BCUT2D eigenvalue weighted by molar-refractivity contribution is 0.692. The molecule has 0 bridgehead atoms. The molecule has 0 radical (unpaired) electrons. The van der Waals surface area contributed by atoms with Crippen LogP contribution in [0.5, 0.6) is 0 Å². The van der Waals surface area contributed by atoms with Gasteiger partial charge in [0.1, 0.15) is 0 Å². The molecule has 0 aliphatic rings. The second kappa shape index (κ2) is 7.82. The summed E-state index contributed by atoms with van der Waals surface area (Å²) in [5, 5.41) is 0. The predicted octanol–water partition coefficient (Wildman–Crippen LogP) is 3.71. The predicted molar refractivity (Wildman–Crippen MR) is 71.6 cm³/mol. The van der Waals surface area contributed by atoms with Crippen molar-refractivity contribution in [1.29, 1.82) is 0 Å². The average Bonchev–Trinajstić information content (AvgIpc) is 2.35. The lowest BCUT2D eigenvalue weighted by Gasteiger charge is -2.24. The molecule has 0 N–H and O–H groups in total. The molecule has 0 saturated carbocycles. The Bertz CT molecular complexity index is 310. The van der Waals surface area contributed by atoms with Gasteiger partial charge >= 0.3 is 0 Å². The molecule has 86 valence electrons. The number of unbranched alkanes of at least 4 members (excludes halogenated alkanes) is 2. The fraction of sp³-hybridized carbons (Fsp3) is 0.467. The average molecular weight is 215 g/mol. The Balaban J connectivity index is 2.53. The van der Waals surface area contributed by atoms with Crippen LogP contribution in [0.25, 0.3) is 0 Å². The van der Waals surface area contributed by atoms with E-state index in [-0.39, 0.29) is 0 Å². The number of terminal acetylenes is 1. The molecular weight excluding hydrogens is 194 g/mol. The largest absolute Gasteiger partial charge is 0.372 e. The molecule has 1 aromatic rings. The van der Waals surface area contributed by atoms with Gasteiger partial charge in [0, 0.05) is 25.2 Å². The maximum absolute atomic E-state index is 5.29. The number of rotatable bonds is 7. The summed E-state index contributed by atoms with van der Waals surface area (Å²) in [5.74, 6) is 2.70. The zero-order chi connectivity index (χ0) is 11.6. The molecule has 0 saturated heterocycles. The second-order valence-electron chi connectivity index (χ2n) is 3.98. The number of hydrogen-bond acceptors (Lipinski definition) is 1. The maximum atomic E-state index is 5.29. The van der Waals surface area contributed by atoms with Gasteiger partial charge in [-0.1, -0.05) is 31.5 Å². The number of benzene rings is 1. The van der Waals surface area contributed by atoms with Gasteiger partial charge in [-0.05, 0) is 25.0 Å². The van der Waals surface area contributed by atoms with Crippen LogP contribution in [-0.2, 0) is 0 Å². The smallest absolute Gasteiger partial charge is 0.0366 e. The first kappa shape index (κ1) is 12.6. The molecule has 0 aromatic heterocycles. The van der Waals surface area contributed by atoms with Gasteiger partial charge in [-0.3, -0.25) is 0 Å². The monoisotopic (exact) mass is 215 g/mol. The highest BCUT2D eigenvalue weighted by Gasteiger charge is 2.04. The van der Waals surface area contributed by atoms with E-state index < -0.39 is 0 Å². The lowest BCUT2D eigenvalue weighted by atomic mass is 10.2. The van der Waals surface area contributed by atoms with Gasteiger partial charge in [0.15, 0.2) is 0 Å². The van der Waals surface area contributed by atoms with Crippen molar-refractivity contribution in [2.24, 2.45) is 0 Å². The fourth-order valence-electron chi connectivity index (χ4n) is 1.73. The van der Waals surface area contributed by atoms with Crippen LogP contribution in [0.4, 0.5) is 5.69 Å². The summed E-state index contributed by atoms with van der Waals surface area (Å²) < 4.78 is 0. The Kier molecular flexibility index (Phi) is 6.18. The van der Waals surface area contributed by atoms with E-state index in [4.69, 9.17) is 6.42 Å². The van der Waals surface area contributed by atoms with E-state index in [9.17, 15) is 0 Å². The van der Waals surface area contributed by atoms with Crippen LogP contribution < -0.4 is 4.90 Å². The first-order valence-corrected chi connectivity index (χ1v) is 6.12. The molecule has 0 amide bonds. The first-order valence-electron chi connectivity index (χ1n) is 6.12. The molecule has 1 rings (SSSR count). The Morgan fingerprint density at radius 1 is 1.12 bits per heavy atom. The Hall–Kier alpha value is -1.42. The van der Waals surface area contributed by atoms with E-state index in [0.29, 0.717) is 0 Å². The summed E-state index contributed by atoms with van der Waals surface area (Å²) in [6, 6.07) is 10.6. The van der Waals surface area contributed by atoms with Crippen molar-refractivity contribution >= 4 is 5.69 Å². The van der Waals surface area contributed by atoms with E-state index in [2.05, 4.69) is 48.1 Å². The zero-order valence-corrected chi connectivity index (χ0v) is 10.2. The minimum Gasteiger partial charge on any atom is -0.372 e. The normalized spacial score (nSPS) is 9.75. The molecule has 0 aliphatic carbocycles. The van der Waals surface area contributed by atoms with Crippen LogP contribution in [0.1, 0.15) is 32.6 Å². The van der Waals surface area contributed by atoms with Gasteiger partial charge in [0.05, 0.1) is 0 Å². The third kappa shape index (κ3) is 4.40. The molecule has 0 aliphatic heterocycles. The molecule has 1 heteroatoms. The molecule has 0 unspecified atom stereocenters. The quantitative estimate of drug-likeness (QED) is 0.495. The summed E-state index contributed by atoms with van der Waals surface area (Å²) >= 11 is 0. The third-order valence-electron chi connectivity index (χ3n) is 2.65. The molecule has 1 nitrogen and oxygen atoms in total. The second-order valence-corrected chi connectivity index (χ2v) is 3.98. The van der Waals surface area contributed by atoms with Crippen molar-refractivity contribution in [2.75, 3.05) is 18.0 Å². The number of hydrogen-bond donors (Lipinski definition) is 0. The third-order valence-corrected chi connectivity index (χ3v) is 2.65. The summed E-state index contributed by atoms with van der Waals surface area (Å²) in [5.41, 5.74) is 1.31. The topological polar surface area (TPSA) is 3.24 Å². The Morgan fingerprint density at radius 2 is 1.81 bits per heavy atom. The van der Waals surface area contributed by atoms with E-state index in [1.165, 1.54) is 18.5 Å². The van der Waals surface area contributed by atoms with Crippen molar-refractivity contribution in [1.82, 2.24) is 0 Å². The highest BCUT2D eigenvalue weighted by Crippen LogP contribution is 2.14. The Labute approximate surface area is 99.5 Å². The SMILES string of the molecule is C#CCCCN(CCCC)c1ccccc1. The van der Waals surface area contributed by atoms with E-state index in [1.807, 2.05) is 0 Å². The highest BCUT2D eigenvalue weighted by molar-refractivity contribution is 5.45. The standard InChI is InChI=1S/C15H21N/c1-3-5-10-14-16(13-6-4-2)15-11-8-7-9-12-15/h1,7-9,11-12H,4-6,10,13-14H2,2H3. The number of nitrogens with zero attached hydrogens (tertiary/aromatic N) is 1. The van der Waals surface area contributed by atoms with Crippen LogP contribution in [0.15, 0.2) is 30.3 Å². The molecule has 1 aromatic carbocycles. The van der Waals surface area contributed by atoms with Crippen LogP contribution in [0, 0.1) is 12.3 Å².